The molecule has 1 aromatic heterocycles. The van der Waals surface area contributed by atoms with E-state index in [0.29, 0.717) is 5.52 Å². The maximum absolute atomic E-state index is 14.6. The number of H-pyrrole nitrogens is 1. The third-order valence-electron chi connectivity index (χ3n) is 5.87. The fraction of sp³-hybridized carbons (Fsp3) is 0.579. The summed E-state index contributed by atoms with van der Waals surface area (Å²) in [4.78, 5) is 3.26. The lowest BCUT2D eigenvalue weighted by Gasteiger charge is -2.32. The van der Waals surface area contributed by atoms with E-state index in [1.165, 1.54) is 12.8 Å². The first kappa shape index (κ1) is 18.4. The van der Waals surface area contributed by atoms with E-state index in [0.717, 1.165) is 34.5 Å². The molecule has 2 aliphatic heterocycles. The first-order valence-corrected chi connectivity index (χ1v) is 10.1. The Bertz CT molecular complexity index is 830. The smallest absolute Gasteiger partial charge is 0.399 e. The van der Waals surface area contributed by atoms with Gasteiger partial charge in [0.15, 0.2) is 0 Å². The van der Waals surface area contributed by atoms with Crippen LogP contribution in [-0.4, -0.2) is 40.7 Å². The molecule has 0 spiro atoms. The van der Waals surface area contributed by atoms with E-state index in [1.54, 1.807) is 18.0 Å². The highest BCUT2D eigenvalue weighted by Gasteiger charge is 2.52. The Kier molecular flexibility index (Phi) is 4.42. The number of fused-ring (bicyclic) bond motifs is 1. The fourth-order valence-electron chi connectivity index (χ4n) is 3.62. The lowest BCUT2D eigenvalue weighted by atomic mass is 9.74. The third-order valence-corrected chi connectivity index (χ3v) is 6.91. The van der Waals surface area contributed by atoms with Gasteiger partial charge in [0, 0.05) is 18.5 Å². The second kappa shape index (κ2) is 6.26. The van der Waals surface area contributed by atoms with E-state index in [1.807, 2.05) is 40.7 Å². The zero-order valence-corrected chi connectivity index (χ0v) is 16.9. The summed E-state index contributed by atoms with van der Waals surface area (Å²) < 4.78 is 29.4. The molecule has 0 radical (unpaired) electrons. The Balaban J connectivity index is 1.75. The van der Waals surface area contributed by atoms with E-state index >= 15 is 0 Å². The predicted molar refractivity (Wildman–Crippen MR) is 105 cm³/mol. The summed E-state index contributed by atoms with van der Waals surface area (Å²) in [6, 6.07) is 3.61. The highest BCUT2D eigenvalue weighted by Crippen LogP contribution is 2.38. The number of nitrogens with zero attached hydrogens (tertiary/aromatic N) is 1. The second-order valence-electron chi connectivity index (χ2n) is 8.33. The number of halogens is 1. The van der Waals surface area contributed by atoms with Crippen LogP contribution >= 0.6 is 11.9 Å². The third kappa shape index (κ3) is 2.99. The highest BCUT2D eigenvalue weighted by atomic mass is 32.2. The van der Waals surface area contributed by atoms with Crippen molar-refractivity contribution in [2.24, 2.45) is 0 Å². The largest absolute Gasteiger partial charge is 0.495 e. The fourth-order valence-corrected chi connectivity index (χ4v) is 4.66. The summed E-state index contributed by atoms with van der Waals surface area (Å²) in [6.45, 7) is 12.2. The monoisotopic (exact) mass is 376 g/mol. The minimum atomic E-state index is -0.497. The summed E-state index contributed by atoms with van der Waals surface area (Å²) in [6.07, 6.45) is 2.44. The molecule has 7 heteroatoms. The SMILES string of the molecule is Cc1cc(F)c2[nH]c(SN3CCCC3)cc2c1B1OC(C)(C)C(C)(C)O1. The van der Waals surface area contributed by atoms with Gasteiger partial charge in [-0.05, 0) is 82.6 Å². The van der Waals surface area contributed by atoms with Gasteiger partial charge >= 0.3 is 7.12 Å². The number of aryl methyl sites for hydroxylation is 1. The average Bonchev–Trinajstić information content (AvgIpc) is 3.20. The maximum atomic E-state index is 14.6. The average molecular weight is 376 g/mol. The first-order chi connectivity index (χ1) is 12.2. The molecule has 0 saturated carbocycles. The van der Waals surface area contributed by atoms with Gasteiger partial charge in [-0.2, -0.15) is 0 Å². The summed E-state index contributed by atoms with van der Waals surface area (Å²) in [5.41, 5.74) is 1.46. The molecule has 4 rings (SSSR count). The number of nitrogens with one attached hydrogen (secondary N) is 1. The van der Waals surface area contributed by atoms with Gasteiger partial charge in [0.1, 0.15) is 5.82 Å². The number of aromatic amines is 1. The van der Waals surface area contributed by atoms with Crippen molar-refractivity contribution < 1.29 is 13.7 Å². The van der Waals surface area contributed by atoms with Gasteiger partial charge in [-0.3, -0.25) is 0 Å². The van der Waals surface area contributed by atoms with Crippen molar-refractivity contribution in [2.45, 2.75) is 63.7 Å². The Labute approximate surface area is 159 Å². The molecule has 2 aliphatic rings. The van der Waals surface area contributed by atoms with Crippen molar-refractivity contribution >= 4 is 35.4 Å². The van der Waals surface area contributed by atoms with Crippen molar-refractivity contribution in [3.8, 4) is 0 Å². The predicted octanol–water partition coefficient (Wildman–Crippen LogP) is 4.02. The van der Waals surface area contributed by atoms with Crippen LogP contribution in [-0.2, 0) is 9.31 Å². The van der Waals surface area contributed by atoms with Crippen molar-refractivity contribution in [1.29, 1.82) is 0 Å². The molecule has 0 bridgehead atoms. The molecule has 2 aromatic rings. The Morgan fingerprint density at radius 2 is 1.73 bits per heavy atom. The molecule has 4 nitrogen and oxygen atoms in total. The van der Waals surface area contributed by atoms with Crippen LogP contribution in [0.4, 0.5) is 4.39 Å². The van der Waals surface area contributed by atoms with Crippen molar-refractivity contribution in [3.63, 3.8) is 0 Å². The van der Waals surface area contributed by atoms with E-state index < -0.39 is 18.3 Å². The van der Waals surface area contributed by atoms with Gasteiger partial charge in [-0.1, -0.05) is 0 Å². The molecule has 3 heterocycles. The zero-order chi connectivity index (χ0) is 18.7. The summed E-state index contributed by atoms with van der Waals surface area (Å²) in [5.74, 6) is -0.231. The van der Waals surface area contributed by atoms with Gasteiger partial charge in [0.25, 0.3) is 0 Å². The molecular formula is C19H26BFN2O2S. The first-order valence-electron chi connectivity index (χ1n) is 9.28. The van der Waals surface area contributed by atoms with Crippen LogP contribution in [0.25, 0.3) is 10.9 Å². The number of aromatic nitrogens is 1. The van der Waals surface area contributed by atoms with Crippen LogP contribution in [0.3, 0.4) is 0 Å². The lowest BCUT2D eigenvalue weighted by Crippen LogP contribution is -2.41. The standard InChI is InChI=1S/C19H26BFN2O2S/c1-12-10-14(21)17-13(11-15(22-17)26-23-8-6-7-9-23)16(12)20-24-18(2,3)19(4,5)25-20/h10-11,22H,6-9H2,1-5H3. The molecular weight excluding hydrogens is 350 g/mol. The summed E-state index contributed by atoms with van der Waals surface area (Å²) >= 11 is 1.67. The number of benzene rings is 1. The van der Waals surface area contributed by atoms with Gasteiger partial charge in [-0.25, -0.2) is 8.70 Å². The van der Waals surface area contributed by atoms with Gasteiger partial charge in [-0.15, -0.1) is 0 Å². The molecule has 140 valence electrons. The normalized spacial score (nSPS) is 22.6. The van der Waals surface area contributed by atoms with Gasteiger partial charge in [0.2, 0.25) is 0 Å². The molecule has 2 fully saturated rings. The molecule has 1 aromatic carbocycles. The van der Waals surface area contributed by atoms with E-state index in [4.69, 9.17) is 9.31 Å². The minimum Gasteiger partial charge on any atom is -0.399 e. The van der Waals surface area contributed by atoms with Crippen LogP contribution in [0.15, 0.2) is 17.2 Å². The quantitative estimate of drug-likeness (QED) is 0.649. The van der Waals surface area contributed by atoms with E-state index in [9.17, 15) is 4.39 Å². The van der Waals surface area contributed by atoms with Crippen LogP contribution in [0.5, 0.6) is 0 Å². The molecule has 0 aliphatic carbocycles. The number of rotatable bonds is 3. The summed E-state index contributed by atoms with van der Waals surface area (Å²) in [5, 5.41) is 1.81. The van der Waals surface area contributed by atoms with Crippen molar-refractivity contribution in [1.82, 2.24) is 9.29 Å². The number of hydrogen-bond acceptors (Lipinski definition) is 4. The van der Waals surface area contributed by atoms with Crippen molar-refractivity contribution in [2.75, 3.05) is 13.1 Å². The molecule has 1 N–H and O–H groups in total. The Morgan fingerprint density at radius 1 is 1.12 bits per heavy atom. The molecule has 0 amide bonds. The molecule has 0 atom stereocenters. The van der Waals surface area contributed by atoms with Crippen LogP contribution in [0.2, 0.25) is 0 Å². The van der Waals surface area contributed by atoms with Crippen LogP contribution in [0, 0.1) is 12.7 Å². The van der Waals surface area contributed by atoms with Crippen LogP contribution < -0.4 is 5.46 Å². The van der Waals surface area contributed by atoms with Crippen LogP contribution in [0.1, 0.15) is 46.1 Å². The minimum absolute atomic E-state index is 0.231. The zero-order valence-electron chi connectivity index (χ0n) is 16.1. The summed E-state index contributed by atoms with van der Waals surface area (Å²) in [7, 11) is -0.497. The van der Waals surface area contributed by atoms with E-state index in [-0.39, 0.29) is 5.82 Å². The number of hydrogen-bond donors (Lipinski definition) is 1. The van der Waals surface area contributed by atoms with Crippen molar-refractivity contribution in [3.05, 3.63) is 23.5 Å². The second-order valence-corrected chi connectivity index (χ2v) is 9.47. The van der Waals surface area contributed by atoms with Gasteiger partial charge in [0.05, 0.1) is 21.7 Å². The topological polar surface area (TPSA) is 37.5 Å². The molecule has 2 saturated heterocycles. The Morgan fingerprint density at radius 3 is 2.35 bits per heavy atom. The molecule has 26 heavy (non-hydrogen) atoms. The maximum Gasteiger partial charge on any atom is 0.495 e. The lowest BCUT2D eigenvalue weighted by molar-refractivity contribution is 0.00578. The molecule has 0 unspecified atom stereocenters. The highest BCUT2D eigenvalue weighted by molar-refractivity contribution is 7.97. The van der Waals surface area contributed by atoms with E-state index in [2.05, 4.69) is 9.29 Å². The van der Waals surface area contributed by atoms with Gasteiger partial charge < -0.3 is 14.3 Å². The Hall–Kier alpha value is -1.02.